The van der Waals surface area contributed by atoms with Gasteiger partial charge in [-0.3, -0.25) is 0 Å². The lowest BCUT2D eigenvalue weighted by atomic mass is 10.1. The summed E-state index contributed by atoms with van der Waals surface area (Å²) in [7, 11) is 0. The van der Waals surface area contributed by atoms with E-state index in [2.05, 4.69) is 10.6 Å². The van der Waals surface area contributed by atoms with Crippen molar-refractivity contribution in [2.75, 3.05) is 5.32 Å². The molecule has 0 aromatic heterocycles. The lowest BCUT2D eigenvalue weighted by Gasteiger charge is -2.06. The van der Waals surface area contributed by atoms with E-state index >= 15 is 0 Å². The molecule has 0 spiro atoms. The molecule has 3 aromatic rings. The largest absolute Gasteiger partial charge is 0.323 e. The number of carbonyl (C=O) groups excluding carboxylic acids is 1. The summed E-state index contributed by atoms with van der Waals surface area (Å²) in [6.07, 6.45) is 3.40. The van der Waals surface area contributed by atoms with E-state index in [9.17, 15) is 4.79 Å². The summed E-state index contributed by atoms with van der Waals surface area (Å²) in [4.78, 5) is 11.9. The molecule has 0 aliphatic rings. The lowest BCUT2D eigenvalue weighted by molar-refractivity contribution is 0.255. The Balaban J connectivity index is 1.60. The SMILES string of the molecule is O=C(N/C=C/c1ccc(Cl)cc1)Nc1ccc2ccccc2c1. The van der Waals surface area contributed by atoms with E-state index in [1.165, 1.54) is 0 Å². The molecule has 3 nitrogen and oxygen atoms in total. The average Bonchev–Trinajstić information content (AvgIpc) is 2.56. The molecule has 2 N–H and O–H groups in total. The van der Waals surface area contributed by atoms with Crippen LogP contribution in [0.1, 0.15) is 5.56 Å². The molecule has 0 aliphatic heterocycles. The standard InChI is InChI=1S/C19H15ClN2O/c20-17-8-5-14(6-9-17)11-12-21-19(23)22-18-10-7-15-3-1-2-4-16(15)13-18/h1-13H,(H2,21,22,23)/b12-11+. The van der Waals surface area contributed by atoms with Crippen molar-refractivity contribution in [2.45, 2.75) is 0 Å². The first-order valence-corrected chi connectivity index (χ1v) is 7.57. The first-order chi connectivity index (χ1) is 11.2. The van der Waals surface area contributed by atoms with E-state index in [0.717, 1.165) is 22.0 Å². The number of amides is 2. The van der Waals surface area contributed by atoms with E-state index < -0.39 is 0 Å². The van der Waals surface area contributed by atoms with Gasteiger partial charge < -0.3 is 10.6 Å². The van der Waals surface area contributed by atoms with Gasteiger partial charge in [0.2, 0.25) is 0 Å². The molecule has 0 aliphatic carbocycles. The van der Waals surface area contributed by atoms with E-state index in [1.807, 2.05) is 54.6 Å². The number of carbonyl (C=O) groups is 1. The monoisotopic (exact) mass is 322 g/mol. The molecule has 0 bridgehead atoms. The first-order valence-electron chi connectivity index (χ1n) is 7.19. The molecule has 3 rings (SSSR count). The van der Waals surface area contributed by atoms with Crippen molar-refractivity contribution in [1.82, 2.24) is 5.32 Å². The van der Waals surface area contributed by atoms with Crippen LogP contribution in [-0.2, 0) is 0 Å². The fraction of sp³-hybridized carbons (Fsp3) is 0. The van der Waals surface area contributed by atoms with Crippen LogP contribution < -0.4 is 10.6 Å². The molecule has 0 saturated heterocycles. The van der Waals surface area contributed by atoms with Crippen molar-refractivity contribution in [1.29, 1.82) is 0 Å². The van der Waals surface area contributed by atoms with Crippen molar-refractivity contribution in [3.63, 3.8) is 0 Å². The number of hydrogen-bond acceptors (Lipinski definition) is 1. The molecule has 4 heteroatoms. The van der Waals surface area contributed by atoms with Crippen LogP contribution in [-0.4, -0.2) is 6.03 Å². The maximum absolute atomic E-state index is 11.9. The molecule has 0 unspecified atom stereocenters. The van der Waals surface area contributed by atoms with Gasteiger partial charge in [-0.15, -0.1) is 0 Å². The van der Waals surface area contributed by atoms with Gasteiger partial charge in [0, 0.05) is 16.9 Å². The quantitative estimate of drug-likeness (QED) is 0.676. The Hall–Kier alpha value is -2.78. The summed E-state index contributed by atoms with van der Waals surface area (Å²) in [6, 6.07) is 20.9. The van der Waals surface area contributed by atoms with Gasteiger partial charge in [0.25, 0.3) is 0 Å². The first kappa shape index (κ1) is 15.1. The Morgan fingerprint density at radius 3 is 2.43 bits per heavy atom. The topological polar surface area (TPSA) is 41.1 Å². The summed E-state index contributed by atoms with van der Waals surface area (Å²) in [5.41, 5.74) is 1.71. The van der Waals surface area contributed by atoms with E-state index in [4.69, 9.17) is 11.6 Å². The minimum atomic E-state index is -0.287. The van der Waals surface area contributed by atoms with E-state index in [-0.39, 0.29) is 6.03 Å². The summed E-state index contributed by atoms with van der Waals surface area (Å²) >= 11 is 5.82. The Kier molecular flexibility index (Phi) is 4.60. The molecule has 2 amide bonds. The van der Waals surface area contributed by atoms with Crippen molar-refractivity contribution in [3.8, 4) is 0 Å². The van der Waals surface area contributed by atoms with E-state index in [0.29, 0.717) is 5.02 Å². The third kappa shape index (κ3) is 4.11. The third-order valence-corrected chi connectivity index (χ3v) is 3.62. The highest BCUT2D eigenvalue weighted by Gasteiger charge is 2.00. The molecule has 114 valence electrons. The van der Waals surface area contributed by atoms with Crippen LogP contribution in [0.4, 0.5) is 10.5 Å². The number of nitrogens with one attached hydrogen (secondary N) is 2. The van der Waals surface area contributed by atoms with Crippen LogP contribution in [0, 0.1) is 0 Å². The van der Waals surface area contributed by atoms with Crippen LogP contribution >= 0.6 is 11.6 Å². The van der Waals surface area contributed by atoms with Gasteiger partial charge in [0.1, 0.15) is 0 Å². The summed E-state index contributed by atoms with van der Waals surface area (Å²) < 4.78 is 0. The van der Waals surface area contributed by atoms with Gasteiger partial charge in [-0.05, 0) is 46.7 Å². The number of benzene rings is 3. The fourth-order valence-electron chi connectivity index (χ4n) is 2.22. The van der Waals surface area contributed by atoms with Crippen molar-refractivity contribution >= 4 is 40.2 Å². The second-order valence-corrected chi connectivity index (χ2v) is 5.48. The van der Waals surface area contributed by atoms with Gasteiger partial charge in [0.15, 0.2) is 0 Å². The number of fused-ring (bicyclic) bond motifs is 1. The van der Waals surface area contributed by atoms with Crippen LogP contribution in [0.15, 0.2) is 72.9 Å². The molecule has 0 heterocycles. The minimum absolute atomic E-state index is 0.287. The van der Waals surface area contributed by atoms with Gasteiger partial charge in [-0.2, -0.15) is 0 Å². The number of anilines is 1. The lowest BCUT2D eigenvalue weighted by Crippen LogP contribution is -2.23. The van der Waals surface area contributed by atoms with Crippen molar-refractivity contribution in [2.24, 2.45) is 0 Å². The molecular formula is C19H15ClN2O. The predicted octanol–water partition coefficient (Wildman–Crippen LogP) is 5.29. The minimum Gasteiger partial charge on any atom is -0.314 e. The Labute approximate surface area is 139 Å². The molecular weight excluding hydrogens is 308 g/mol. The second kappa shape index (κ2) is 6.99. The van der Waals surface area contributed by atoms with Crippen LogP contribution in [0.2, 0.25) is 5.02 Å². The Morgan fingerprint density at radius 2 is 1.65 bits per heavy atom. The van der Waals surface area contributed by atoms with E-state index in [1.54, 1.807) is 24.4 Å². The van der Waals surface area contributed by atoms with Crippen LogP contribution in [0.3, 0.4) is 0 Å². The normalized spacial score (nSPS) is 10.8. The van der Waals surface area contributed by atoms with Gasteiger partial charge in [0.05, 0.1) is 0 Å². The Bertz CT molecular complexity index is 857. The molecule has 23 heavy (non-hydrogen) atoms. The smallest absolute Gasteiger partial charge is 0.314 e. The van der Waals surface area contributed by atoms with Crippen molar-refractivity contribution < 1.29 is 4.79 Å². The summed E-state index contributed by atoms with van der Waals surface area (Å²) in [5, 5.41) is 8.40. The van der Waals surface area contributed by atoms with Gasteiger partial charge >= 0.3 is 6.03 Å². The second-order valence-electron chi connectivity index (χ2n) is 5.05. The fourth-order valence-corrected chi connectivity index (χ4v) is 2.35. The zero-order chi connectivity index (χ0) is 16.1. The zero-order valence-electron chi connectivity index (χ0n) is 12.3. The number of hydrogen-bond donors (Lipinski definition) is 2. The zero-order valence-corrected chi connectivity index (χ0v) is 13.0. The van der Waals surface area contributed by atoms with Crippen LogP contribution in [0.25, 0.3) is 16.8 Å². The summed E-state index contributed by atoms with van der Waals surface area (Å²) in [5.74, 6) is 0. The molecule has 0 radical (unpaired) electrons. The van der Waals surface area contributed by atoms with Crippen LogP contribution in [0.5, 0.6) is 0 Å². The molecule has 3 aromatic carbocycles. The average molecular weight is 323 g/mol. The Morgan fingerprint density at radius 1 is 0.913 bits per heavy atom. The van der Waals surface area contributed by atoms with Gasteiger partial charge in [-0.1, -0.05) is 54.1 Å². The highest BCUT2D eigenvalue weighted by atomic mass is 35.5. The number of halogens is 1. The molecule has 0 atom stereocenters. The number of urea groups is 1. The van der Waals surface area contributed by atoms with Crippen molar-refractivity contribution in [3.05, 3.63) is 83.5 Å². The molecule has 0 saturated carbocycles. The highest BCUT2D eigenvalue weighted by molar-refractivity contribution is 6.30. The van der Waals surface area contributed by atoms with Gasteiger partial charge in [-0.25, -0.2) is 4.79 Å². The highest BCUT2D eigenvalue weighted by Crippen LogP contribution is 2.18. The maximum atomic E-state index is 11.9. The number of rotatable bonds is 3. The molecule has 0 fully saturated rings. The third-order valence-electron chi connectivity index (χ3n) is 3.37. The summed E-state index contributed by atoms with van der Waals surface area (Å²) in [6.45, 7) is 0. The predicted molar refractivity (Wildman–Crippen MR) is 96.6 cm³/mol. The maximum Gasteiger partial charge on any atom is 0.323 e.